The van der Waals surface area contributed by atoms with Crippen LogP contribution in [-0.2, 0) is 22.3 Å². The molecule has 2 aromatic rings. The zero-order chi connectivity index (χ0) is 15.2. The first-order valence-electron chi connectivity index (χ1n) is 7.39. The van der Waals surface area contributed by atoms with Gasteiger partial charge in [-0.25, -0.2) is 0 Å². The number of pyridine rings is 1. The van der Waals surface area contributed by atoms with E-state index in [4.69, 9.17) is 20.9 Å². The van der Waals surface area contributed by atoms with Crippen molar-refractivity contribution in [2.24, 2.45) is 0 Å². The molecule has 0 unspecified atom stereocenters. The van der Waals surface area contributed by atoms with Crippen LogP contribution in [0.3, 0.4) is 0 Å². The summed E-state index contributed by atoms with van der Waals surface area (Å²) in [6.45, 7) is 1.30. The van der Waals surface area contributed by atoms with Crippen molar-refractivity contribution < 1.29 is 9.47 Å². The Kier molecular flexibility index (Phi) is 3.02. The minimum atomic E-state index is -0.501. The van der Waals surface area contributed by atoms with Crippen molar-refractivity contribution in [3.05, 3.63) is 23.5 Å². The molecule has 1 fully saturated rings. The molecule has 1 aliphatic carbocycles. The maximum atomic E-state index is 5.86. The number of aromatic nitrogens is 4. The van der Waals surface area contributed by atoms with Crippen molar-refractivity contribution in [1.82, 2.24) is 19.7 Å². The average molecular weight is 302 g/mol. The van der Waals surface area contributed by atoms with E-state index >= 15 is 0 Å². The fourth-order valence-electron chi connectivity index (χ4n) is 3.20. The highest BCUT2D eigenvalue weighted by Gasteiger charge is 2.38. The first-order chi connectivity index (χ1) is 10.7. The molecule has 1 saturated heterocycles. The van der Waals surface area contributed by atoms with Crippen LogP contribution < -0.4 is 11.5 Å². The van der Waals surface area contributed by atoms with E-state index in [1.807, 2.05) is 6.07 Å². The molecular formula is C14H18N6O2. The zero-order valence-electron chi connectivity index (χ0n) is 12.2. The van der Waals surface area contributed by atoms with Gasteiger partial charge < -0.3 is 20.9 Å². The molecule has 1 spiro atoms. The highest BCUT2D eigenvalue weighted by Crippen LogP contribution is 2.34. The predicted molar refractivity (Wildman–Crippen MR) is 79.3 cm³/mol. The van der Waals surface area contributed by atoms with Gasteiger partial charge >= 0.3 is 0 Å². The minimum Gasteiger partial charge on any atom is -0.368 e. The number of hydrogen-bond acceptors (Lipinski definition) is 7. The summed E-state index contributed by atoms with van der Waals surface area (Å²) in [7, 11) is 0. The quantitative estimate of drug-likeness (QED) is 0.786. The standard InChI is InChI=1S/C14H18N6O2/c15-12-18-13(16)20(19-12)10-6-9-7-14(21-4-5-22-14)3-1-2-11(9)17-8-10/h6,8H,1-5,7H2,(H4,15,16,18,19). The Labute approximate surface area is 127 Å². The topological polar surface area (TPSA) is 114 Å². The normalized spacial score (nSPS) is 20.0. The van der Waals surface area contributed by atoms with E-state index in [2.05, 4.69) is 15.1 Å². The Bertz CT molecular complexity index is 707. The first-order valence-corrected chi connectivity index (χ1v) is 7.39. The largest absolute Gasteiger partial charge is 0.368 e. The van der Waals surface area contributed by atoms with Gasteiger partial charge in [0.15, 0.2) is 5.79 Å². The lowest BCUT2D eigenvalue weighted by Gasteiger charge is -2.25. The Morgan fingerprint density at radius 2 is 2.05 bits per heavy atom. The van der Waals surface area contributed by atoms with Crippen molar-refractivity contribution in [3.63, 3.8) is 0 Å². The van der Waals surface area contributed by atoms with Gasteiger partial charge in [0.25, 0.3) is 0 Å². The molecule has 0 radical (unpaired) electrons. The van der Waals surface area contributed by atoms with Crippen molar-refractivity contribution in [2.45, 2.75) is 31.5 Å². The van der Waals surface area contributed by atoms with E-state index in [1.54, 1.807) is 6.20 Å². The third kappa shape index (κ3) is 2.20. The molecule has 0 saturated carbocycles. The van der Waals surface area contributed by atoms with Gasteiger partial charge in [-0.05, 0) is 24.5 Å². The van der Waals surface area contributed by atoms with Crippen molar-refractivity contribution in [3.8, 4) is 5.69 Å². The summed E-state index contributed by atoms with van der Waals surface area (Å²) in [5.74, 6) is -0.110. The summed E-state index contributed by atoms with van der Waals surface area (Å²) in [5.41, 5.74) is 14.3. The van der Waals surface area contributed by atoms with E-state index in [-0.39, 0.29) is 11.9 Å². The molecule has 3 heterocycles. The molecule has 0 bridgehead atoms. The zero-order valence-corrected chi connectivity index (χ0v) is 12.2. The summed E-state index contributed by atoms with van der Waals surface area (Å²) in [6, 6.07) is 2.02. The van der Waals surface area contributed by atoms with Gasteiger partial charge in [-0.3, -0.25) is 4.98 Å². The van der Waals surface area contributed by atoms with Crippen LogP contribution in [-0.4, -0.2) is 38.7 Å². The lowest BCUT2D eigenvalue weighted by molar-refractivity contribution is -0.160. The Balaban J connectivity index is 1.74. The number of nitrogen functional groups attached to an aromatic ring is 2. The van der Waals surface area contributed by atoms with Crippen molar-refractivity contribution in [1.29, 1.82) is 0 Å². The summed E-state index contributed by atoms with van der Waals surface area (Å²) in [4.78, 5) is 8.48. The van der Waals surface area contributed by atoms with Gasteiger partial charge in [-0.15, -0.1) is 5.10 Å². The molecule has 2 aromatic heterocycles. The van der Waals surface area contributed by atoms with Crippen LogP contribution in [0.15, 0.2) is 12.3 Å². The Hall–Kier alpha value is -2.19. The van der Waals surface area contributed by atoms with E-state index < -0.39 is 5.79 Å². The van der Waals surface area contributed by atoms with Crippen LogP contribution in [0.2, 0.25) is 0 Å². The second-order valence-corrected chi connectivity index (χ2v) is 5.68. The highest BCUT2D eigenvalue weighted by atomic mass is 16.7. The lowest BCUT2D eigenvalue weighted by atomic mass is 10.0. The SMILES string of the molecule is Nc1nc(N)n(-c2cnc3c(c2)CC2(CCC3)OCCO2)n1. The molecule has 2 aliphatic rings. The number of nitrogens with two attached hydrogens (primary N) is 2. The number of aryl methyl sites for hydroxylation is 1. The highest BCUT2D eigenvalue weighted by molar-refractivity contribution is 5.42. The van der Waals surface area contributed by atoms with Gasteiger partial charge in [-0.2, -0.15) is 9.67 Å². The summed E-state index contributed by atoms with van der Waals surface area (Å²) in [5, 5.41) is 4.10. The van der Waals surface area contributed by atoms with Crippen molar-refractivity contribution >= 4 is 11.9 Å². The number of hydrogen-bond donors (Lipinski definition) is 2. The first kappa shape index (κ1) is 13.5. The Morgan fingerprint density at radius 3 is 2.77 bits per heavy atom. The molecule has 22 heavy (non-hydrogen) atoms. The molecule has 0 amide bonds. The molecule has 4 N–H and O–H groups in total. The van der Waals surface area contributed by atoms with Gasteiger partial charge in [0.05, 0.1) is 25.1 Å². The van der Waals surface area contributed by atoms with Crippen LogP contribution in [0, 0.1) is 0 Å². The summed E-state index contributed by atoms with van der Waals surface area (Å²) in [6.07, 6.45) is 5.23. The molecule has 0 aromatic carbocycles. The number of ether oxygens (including phenoxy) is 2. The number of fused-ring (bicyclic) bond motifs is 1. The average Bonchev–Trinajstić information content (AvgIpc) is 3.01. The van der Waals surface area contributed by atoms with E-state index in [1.165, 1.54) is 4.68 Å². The molecule has 4 rings (SSSR count). The lowest BCUT2D eigenvalue weighted by Crippen LogP contribution is -2.32. The molecule has 8 heteroatoms. The molecular weight excluding hydrogens is 284 g/mol. The van der Waals surface area contributed by atoms with Crippen LogP contribution in [0.5, 0.6) is 0 Å². The predicted octanol–water partition coefficient (Wildman–Crippen LogP) is 0.449. The summed E-state index contributed by atoms with van der Waals surface area (Å²) < 4.78 is 13.2. The smallest absolute Gasteiger partial charge is 0.241 e. The summed E-state index contributed by atoms with van der Waals surface area (Å²) >= 11 is 0. The maximum absolute atomic E-state index is 5.86. The molecule has 1 aliphatic heterocycles. The van der Waals surface area contributed by atoms with E-state index in [0.717, 1.165) is 36.2 Å². The maximum Gasteiger partial charge on any atom is 0.241 e. The van der Waals surface area contributed by atoms with Gasteiger partial charge in [-0.1, -0.05) is 0 Å². The fraction of sp³-hybridized carbons (Fsp3) is 0.500. The van der Waals surface area contributed by atoms with Crippen LogP contribution in [0.1, 0.15) is 24.1 Å². The molecule has 8 nitrogen and oxygen atoms in total. The van der Waals surface area contributed by atoms with E-state index in [0.29, 0.717) is 19.6 Å². The van der Waals surface area contributed by atoms with Crippen molar-refractivity contribution in [2.75, 3.05) is 24.7 Å². The second-order valence-electron chi connectivity index (χ2n) is 5.68. The number of nitrogens with zero attached hydrogens (tertiary/aromatic N) is 4. The van der Waals surface area contributed by atoms with E-state index in [9.17, 15) is 0 Å². The monoisotopic (exact) mass is 302 g/mol. The third-order valence-corrected chi connectivity index (χ3v) is 4.18. The fourth-order valence-corrected chi connectivity index (χ4v) is 3.20. The molecule has 116 valence electrons. The van der Waals surface area contributed by atoms with Crippen LogP contribution >= 0.6 is 0 Å². The number of anilines is 2. The van der Waals surface area contributed by atoms with Crippen LogP contribution in [0.4, 0.5) is 11.9 Å². The van der Waals surface area contributed by atoms with Gasteiger partial charge in [0.2, 0.25) is 11.9 Å². The minimum absolute atomic E-state index is 0.145. The second kappa shape index (κ2) is 4.92. The van der Waals surface area contributed by atoms with Gasteiger partial charge in [0.1, 0.15) is 0 Å². The number of rotatable bonds is 1. The molecule has 0 atom stereocenters. The Morgan fingerprint density at radius 1 is 1.23 bits per heavy atom. The van der Waals surface area contributed by atoms with Crippen LogP contribution in [0.25, 0.3) is 5.69 Å². The van der Waals surface area contributed by atoms with Gasteiger partial charge in [0, 0.05) is 18.5 Å². The third-order valence-electron chi connectivity index (χ3n) is 4.18.